The first-order chi connectivity index (χ1) is 5.08. The van der Waals surface area contributed by atoms with Crippen LogP contribution in [0.15, 0.2) is 30.3 Å². The van der Waals surface area contributed by atoms with Crippen molar-refractivity contribution >= 4 is 10.1 Å². The smallest absolute Gasteiger partial charge is 1.00 e. The molecule has 0 radical (unpaired) electrons. The summed E-state index contributed by atoms with van der Waals surface area (Å²) < 4.78 is 25.7. The average molecular weight is 212 g/mol. The van der Waals surface area contributed by atoms with E-state index >= 15 is 0 Å². The Hall–Kier alpha value is 0.606. The van der Waals surface area contributed by atoms with Crippen LogP contribution < -0.4 is 55.6 Å². The van der Waals surface area contributed by atoms with Crippen molar-refractivity contribution in [3.8, 4) is 5.75 Å². The third-order valence-electron chi connectivity index (χ3n) is 0.991. The quantitative estimate of drug-likeness (QED) is 0.427. The van der Waals surface area contributed by atoms with Crippen LogP contribution in [0.4, 0.5) is 0 Å². The van der Waals surface area contributed by atoms with Gasteiger partial charge in [-0.05, 0) is 12.1 Å². The van der Waals surface area contributed by atoms with Crippen molar-refractivity contribution in [2.45, 2.75) is 0 Å². The van der Waals surface area contributed by atoms with Gasteiger partial charge in [0, 0.05) is 0 Å². The second-order valence-electron chi connectivity index (χ2n) is 2.10. The molecule has 0 fully saturated rings. The summed E-state index contributed by atoms with van der Waals surface area (Å²) in [6.45, 7) is 0. The van der Waals surface area contributed by atoms with Gasteiger partial charge in [-0.1, -0.05) is 18.2 Å². The summed E-state index contributed by atoms with van der Waals surface area (Å²) >= 11 is 0. The summed E-state index contributed by atoms with van der Waals surface area (Å²) in [4.78, 5) is 0. The summed E-state index contributed by atoms with van der Waals surface area (Å²) in [7, 11) is -3.38. The molecule has 0 N–H and O–H groups in total. The maximum absolute atomic E-state index is 10.6. The molecule has 1 rings (SSSR count). The van der Waals surface area contributed by atoms with E-state index in [0.29, 0.717) is 5.75 Å². The van der Waals surface area contributed by atoms with Gasteiger partial charge in [0.25, 0.3) is 0 Å². The molecule has 12 heavy (non-hydrogen) atoms. The molecule has 0 aliphatic heterocycles. The van der Waals surface area contributed by atoms with E-state index in [4.69, 9.17) is 0 Å². The van der Waals surface area contributed by atoms with Crippen LogP contribution in [-0.2, 0) is 10.1 Å². The Labute approximate surface area is 116 Å². The zero-order valence-electron chi connectivity index (χ0n) is 8.02. The number of para-hydroxylation sites is 1. The third-order valence-corrected chi connectivity index (χ3v) is 1.49. The zero-order valence-corrected chi connectivity index (χ0v) is 11.0. The van der Waals surface area contributed by atoms with Gasteiger partial charge in [-0.15, -0.1) is 0 Å². The molecule has 0 bridgehead atoms. The molecule has 3 nitrogen and oxygen atoms in total. The minimum Gasteiger partial charge on any atom is -1.00 e. The first kappa shape index (κ1) is 12.6. The Morgan fingerprint density at radius 3 is 2.17 bits per heavy atom. The normalized spacial score (nSPS) is 10.1. The Kier molecular flexibility index (Phi) is 5.63. The van der Waals surface area contributed by atoms with Crippen LogP contribution in [0.2, 0.25) is 0 Å². The molecule has 0 heterocycles. The first-order valence-electron chi connectivity index (χ1n) is 3.02. The van der Waals surface area contributed by atoms with Crippen LogP contribution >= 0.6 is 0 Å². The van der Waals surface area contributed by atoms with Gasteiger partial charge in [-0.25, -0.2) is 0 Å². The standard InChI is InChI=1S/C7H8O3S.K.H/c1-11(8,9)10-7-5-3-2-4-6-7;;/h2-6H,1H3;;/q;+1;-1. The Balaban J connectivity index is 0. The van der Waals surface area contributed by atoms with Gasteiger partial charge < -0.3 is 5.61 Å². The van der Waals surface area contributed by atoms with Gasteiger partial charge in [-0.3, -0.25) is 0 Å². The first-order valence-corrected chi connectivity index (χ1v) is 4.84. The van der Waals surface area contributed by atoms with Crippen molar-refractivity contribution in [3.05, 3.63) is 30.3 Å². The van der Waals surface area contributed by atoms with Crippen LogP contribution in [0.25, 0.3) is 0 Å². The van der Waals surface area contributed by atoms with E-state index in [1.807, 2.05) is 0 Å². The van der Waals surface area contributed by atoms with Gasteiger partial charge in [0.2, 0.25) is 0 Å². The van der Waals surface area contributed by atoms with Crippen molar-refractivity contribution in [3.63, 3.8) is 0 Å². The number of benzene rings is 1. The predicted molar refractivity (Wildman–Crippen MR) is 43.0 cm³/mol. The van der Waals surface area contributed by atoms with Crippen LogP contribution in [0.1, 0.15) is 1.43 Å². The van der Waals surface area contributed by atoms with E-state index in [1.54, 1.807) is 30.3 Å². The summed E-state index contributed by atoms with van der Waals surface area (Å²) in [6, 6.07) is 8.37. The minimum absolute atomic E-state index is 0. The summed E-state index contributed by atoms with van der Waals surface area (Å²) in [5.74, 6) is 0.343. The summed E-state index contributed by atoms with van der Waals surface area (Å²) in [5.41, 5.74) is 0. The number of hydrogen-bond donors (Lipinski definition) is 0. The maximum atomic E-state index is 10.6. The molecule has 0 saturated heterocycles. The van der Waals surface area contributed by atoms with E-state index in [0.717, 1.165) is 6.26 Å². The molecule has 0 unspecified atom stereocenters. The van der Waals surface area contributed by atoms with Crippen LogP contribution in [0.5, 0.6) is 5.75 Å². The SMILES string of the molecule is CS(=O)(=O)Oc1ccccc1.[H-].[K+]. The Morgan fingerprint density at radius 1 is 1.25 bits per heavy atom. The molecule has 1 aromatic rings. The second-order valence-corrected chi connectivity index (χ2v) is 3.68. The minimum atomic E-state index is -3.38. The van der Waals surface area contributed by atoms with Crippen molar-refractivity contribution in [2.75, 3.05) is 6.26 Å². The van der Waals surface area contributed by atoms with Gasteiger partial charge in [0.1, 0.15) is 5.75 Å². The number of rotatable bonds is 2. The van der Waals surface area contributed by atoms with Crippen LogP contribution in [0.3, 0.4) is 0 Å². The molecule has 5 heteroatoms. The van der Waals surface area contributed by atoms with E-state index in [-0.39, 0.29) is 52.8 Å². The molecule has 0 saturated carbocycles. The van der Waals surface area contributed by atoms with Crippen LogP contribution in [0, 0.1) is 0 Å². The zero-order chi connectivity index (χ0) is 8.32. The second kappa shape index (κ2) is 5.36. The molecular formula is C7H9KO3S. The number of hydrogen-bond acceptors (Lipinski definition) is 3. The molecule has 0 aliphatic rings. The fourth-order valence-corrected chi connectivity index (χ4v) is 1.11. The third kappa shape index (κ3) is 5.29. The molecule has 62 valence electrons. The summed E-state index contributed by atoms with van der Waals surface area (Å²) in [5, 5.41) is 0. The Morgan fingerprint density at radius 2 is 1.75 bits per heavy atom. The molecule has 0 atom stereocenters. The van der Waals surface area contributed by atoms with E-state index in [9.17, 15) is 8.42 Å². The van der Waals surface area contributed by atoms with Crippen molar-refractivity contribution in [1.82, 2.24) is 0 Å². The summed E-state index contributed by atoms with van der Waals surface area (Å²) in [6.07, 6.45) is 1.01. The molecule has 0 spiro atoms. The monoisotopic (exact) mass is 212 g/mol. The van der Waals surface area contributed by atoms with Gasteiger partial charge in [-0.2, -0.15) is 8.42 Å². The maximum Gasteiger partial charge on any atom is 1.00 e. The predicted octanol–water partition coefficient (Wildman–Crippen LogP) is -1.86. The van der Waals surface area contributed by atoms with Crippen molar-refractivity contribution in [2.24, 2.45) is 0 Å². The molecule has 0 amide bonds. The van der Waals surface area contributed by atoms with Gasteiger partial charge in [0.05, 0.1) is 6.26 Å². The van der Waals surface area contributed by atoms with E-state index in [2.05, 4.69) is 4.18 Å². The fraction of sp³-hybridized carbons (Fsp3) is 0.143. The van der Waals surface area contributed by atoms with Crippen LogP contribution in [-0.4, -0.2) is 14.7 Å². The molecule has 0 aliphatic carbocycles. The van der Waals surface area contributed by atoms with Gasteiger partial charge >= 0.3 is 61.5 Å². The Bertz CT molecular complexity index is 325. The van der Waals surface area contributed by atoms with E-state index in [1.165, 1.54) is 0 Å². The van der Waals surface area contributed by atoms with Crippen molar-refractivity contribution in [1.29, 1.82) is 0 Å². The topological polar surface area (TPSA) is 43.4 Å². The fourth-order valence-electron chi connectivity index (χ4n) is 0.651. The van der Waals surface area contributed by atoms with Crippen molar-refractivity contribution < 1.29 is 65.4 Å². The van der Waals surface area contributed by atoms with Gasteiger partial charge in [0.15, 0.2) is 0 Å². The molecule has 1 aromatic carbocycles. The molecule has 0 aromatic heterocycles. The largest absolute Gasteiger partial charge is 1.00 e. The molecular weight excluding hydrogens is 203 g/mol. The van der Waals surface area contributed by atoms with E-state index < -0.39 is 10.1 Å². The average Bonchev–Trinajstić information content (AvgIpc) is 1.85.